The Morgan fingerprint density at radius 1 is 1.12 bits per heavy atom. The quantitative estimate of drug-likeness (QED) is 0.296. The molecule has 0 unspecified atom stereocenters. The number of amides is 1. The van der Waals surface area contributed by atoms with Gasteiger partial charge in [-0.25, -0.2) is 13.4 Å². The molecule has 2 aromatic carbocycles. The molecule has 1 heterocycles. The zero-order valence-corrected chi connectivity index (χ0v) is 20.7. The average Bonchev–Trinajstić information content (AvgIpc) is 3.27. The molecular formula is C22H24BrN3O4S2. The molecule has 0 radical (unpaired) electrons. The van der Waals surface area contributed by atoms with Crippen molar-refractivity contribution >= 4 is 54.0 Å². The molecule has 0 aliphatic carbocycles. The van der Waals surface area contributed by atoms with Crippen LogP contribution in [0.1, 0.15) is 43.0 Å². The third-order valence-electron chi connectivity index (χ3n) is 4.53. The summed E-state index contributed by atoms with van der Waals surface area (Å²) in [6, 6.07) is 11.1. The fourth-order valence-corrected chi connectivity index (χ4v) is 5.12. The number of hydrogen-bond donors (Lipinski definition) is 2. The fraction of sp³-hybridized carbons (Fsp3) is 0.273. The van der Waals surface area contributed by atoms with Crippen molar-refractivity contribution in [2.75, 3.05) is 16.6 Å². The Labute approximate surface area is 200 Å². The maximum Gasteiger partial charge on any atom is 0.263 e. The Bertz CT molecular complexity index is 1130. The number of hydrogen-bond acceptors (Lipinski definition) is 6. The number of halogens is 1. The maximum absolute atomic E-state index is 12.6. The van der Waals surface area contributed by atoms with Crippen LogP contribution in [0.2, 0.25) is 0 Å². The summed E-state index contributed by atoms with van der Waals surface area (Å²) in [5, 5.41) is 4.74. The lowest BCUT2D eigenvalue weighted by molar-refractivity contribution is 0.102. The Hall–Kier alpha value is -2.43. The third-order valence-corrected chi connectivity index (χ3v) is 7.32. The Kier molecular flexibility index (Phi) is 8.66. The summed E-state index contributed by atoms with van der Waals surface area (Å²) >= 11 is 4.65. The SMILES string of the molecule is CCCCCCOc1ccc(C(=O)Nc2ccc(S(=O)(=O)Nc3nccs3)cc2)cc1Br. The average molecular weight is 538 g/mol. The van der Waals surface area contributed by atoms with Gasteiger partial charge in [0.2, 0.25) is 0 Å². The number of anilines is 2. The van der Waals surface area contributed by atoms with E-state index in [0.29, 0.717) is 33.2 Å². The summed E-state index contributed by atoms with van der Waals surface area (Å²) in [5.41, 5.74) is 0.938. The van der Waals surface area contributed by atoms with E-state index in [9.17, 15) is 13.2 Å². The van der Waals surface area contributed by atoms with Crippen LogP contribution >= 0.6 is 27.3 Å². The molecule has 0 aliphatic rings. The molecule has 0 aliphatic heterocycles. The molecule has 0 spiro atoms. The molecule has 170 valence electrons. The first-order valence-corrected chi connectivity index (χ1v) is 13.3. The van der Waals surface area contributed by atoms with Gasteiger partial charge in [-0.3, -0.25) is 9.52 Å². The summed E-state index contributed by atoms with van der Waals surface area (Å²) in [6.07, 6.45) is 6.02. The topological polar surface area (TPSA) is 97.4 Å². The second-order valence-electron chi connectivity index (χ2n) is 6.98. The Balaban J connectivity index is 1.59. The highest BCUT2D eigenvalue weighted by molar-refractivity contribution is 9.10. The molecule has 1 aromatic heterocycles. The highest BCUT2D eigenvalue weighted by Gasteiger charge is 2.16. The lowest BCUT2D eigenvalue weighted by atomic mass is 10.2. The molecule has 1 amide bonds. The van der Waals surface area contributed by atoms with Crippen LogP contribution in [-0.4, -0.2) is 25.9 Å². The van der Waals surface area contributed by atoms with Crippen molar-refractivity contribution in [1.29, 1.82) is 0 Å². The van der Waals surface area contributed by atoms with E-state index >= 15 is 0 Å². The number of carbonyl (C=O) groups excluding carboxylic acids is 1. The monoisotopic (exact) mass is 537 g/mol. The maximum atomic E-state index is 12.6. The lowest BCUT2D eigenvalue weighted by Gasteiger charge is -2.11. The van der Waals surface area contributed by atoms with Crippen LogP contribution in [0.3, 0.4) is 0 Å². The van der Waals surface area contributed by atoms with E-state index in [4.69, 9.17) is 4.74 Å². The number of ether oxygens (including phenoxy) is 1. The highest BCUT2D eigenvalue weighted by Crippen LogP contribution is 2.27. The van der Waals surface area contributed by atoms with E-state index in [0.717, 1.165) is 12.8 Å². The summed E-state index contributed by atoms with van der Waals surface area (Å²) in [6.45, 7) is 2.80. The number of thiazole rings is 1. The first-order chi connectivity index (χ1) is 15.4. The van der Waals surface area contributed by atoms with E-state index < -0.39 is 10.0 Å². The molecule has 0 saturated carbocycles. The van der Waals surface area contributed by atoms with Crippen LogP contribution in [-0.2, 0) is 10.0 Å². The predicted octanol–water partition coefficient (Wildman–Crippen LogP) is 5.92. The minimum atomic E-state index is -3.74. The van der Waals surface area contributed by atoms with Gasteiger partial charge in [0.1, 0.15) is 5.75 Å². The Morgan fingerprint density at radius 3 is 2.56 bits per heavy atom. The summed E-state index contributed by atoms with van der Waals surface area (Å²) < 4.78 is 33.7. The van der Waals surface area contributed by atoms with E-state index in [1.165, 1.54) is 54.6 Å². The van der Waals surface area contributed by atoms with Gasteiger partial charge < -0.3 is 10.1 Å². The first kappa shape index (κ1) is 24.2. The van der Waals surface area contributed by atoms with Crippen molar-refractivity contribution in [3.05, 3.63) is 64.1 Å². The Morgan fingerprint density at radius 2 is 1.91 bits per heavy atom. The smallest absolute Gasteiger partial charge is 0.263 e. The number of sulfonamides is 1. The number of benzene rings is 2. The molecule has 3 aromatic rings. The van der Waals surface area contributed by atoms with Crippen LogP contribution in [0.4, 0.5) is 10.8 Å². The van der Waals surface area contributed by atoms with Gasteiger partial charge in [0.15, 0.2) is 5.13 Å². The van der Waals surface area contributed by atoms with E-state index in [1.807, 2.05) is 0 Å². The van der Waals surface area contributed by atoms with Crippen molar-refractivity contribution in [1.82, 2.24) is 4.98 Å². The molecule has 0 atom stereocenters. The minimum absolute atomic E-state index is 0.0777. The molecule has 10 heteroatoms. The molecule has 0 bridgehead atoms. The van der Waals surface area contributed by atoms with E-state index in [-0.39, 0.29) is 10.8 Å². The van der Waals surface area contributed by atoms with Gasteiger partial charge >= 0.3 is 0 Å². The van der Waals surface area contributed by atoms with Crippen molar-refractivity contribution in [3.63, 3.8) is 0 Å². The van der Waals surface area contributed by atoms with Crippen LogP contribution in [0.25, 0.3) is 0 Å². The molecule has 3 rings (SSSR count). The van der Waals surface area contributed by atoms with E-state index in [2.05, 4.69) is 37.9 Å². The molecule has 0 saturated heterocycles. The normalized spacial score (nSPS) is 11.2. The van der Waals surface area contributed by atoms with Crippen LogP contribution in [0.5, 0.6) is 5.75 Å². The van der Waals surface area contributed by atoms with Gasteiger partial charge in [0, 0.05) is 22.8 Å². The van der Waals surface area contributed by atoms with Gasteiger partial charge in [-0.05, 0) is 64.8 Å². The van der Waals surface area contributed by atoms with Crippen LogP contribution in [0.15, 0.2) is 63.4 Å². The summed E-state index contributed by atoms with van der Waals surface area (Å²) in [5.74, 6) is 0.386. The highest BCUT2D eigenvalue weighted by atomic mass is 79.9. The minimum Gasteiger partial charge on any atom is -0.492 e. The van der Waals surface area contributed by atoms with Crippen molar-refractivity contribution < 1.29 is 17.9 Å². The fourth-order valence-electron chi connectivity index (χ4n) is 2.84. The number of rotatable bonds is 11. The van der Waals surface area contributed by atoms with Crippen LogP contribution in [0, 0.1) is 0 Å². The standard InChI is InChI=1S/C22H24BrN3O4S2/c1-2-3-4-5-13-30-20-11-6-16(15-19(20)23)21(27)25-17-7-9-18(10-8-17)32(28,29)26-22-24-12-14-31-22/h6-12,14-15H,2-5,13H2,1H3,(H,24,26)(H,25,27). The van der Waals surface area contributed by atoms with Gasteiger partial charge in [-0.2, -0.15) is 0 Å². The lowest BCUT2D eigenvalue weighted by Crippen LogP contribution is -2.14. The first-order valence-electron chi connectivity index (χ1n) is 10.1. The third kappa shape index (κ3) is 6.78. The van der Waals surface area contributed by atoms with Gasteiger partial charge in [-0.15, -0.1) is 11.3 Å². The van der Waals surface area contributed by atoms with Gasteiger partial charge in [0.25, 0.3) is 15.9 Å². The van der Waals surface area contributed by atoms with Gasteiger partial charge in [0.05, 0.1) is 16.0 Å². The molecule has 32 heavy (non-hydrogen) atoms. The largest absolute Gasteiger partial charge is 0.492 e. The van der Waals surface area contributed by atoms with E-state index in [1.54, 1.807) is 23.6 Å². The van der Waals surface area contributed by atoms with Crippen molar-refractivity contribution in [2.45, 2.75) is 37.5 Å². The second kappa shape index (κ2) is 11.4. The molecule has 2 N–H and O–H groups in total. The summed E-state index contributed by atoms with van der Waals surface area (Å²) in [7, 11) is -3.74. The molecule has 7 nitrogen and oxygen atoms in total. The zero-order valence-electron chi connectivity index (χ0n) is 17.5. The van der Waals surface area contributed by atoms with Crippen molar-refractivity contribution in [2.24, 2.45) is 0 Å². The number of nitrogens with zero attached hydrogens (tertiary/aromatic N) is 1. The molecular weight excluding hydrogens is 514 g/mol. The zero-order chi connectivity index (χ0) is 23.0. The number of carbonyl (C=O) groups is 1. The number of unbranched alkanes of at least 4 members (excludes halogenated alkanes) is 3. The van der Waals surface area contributed by atoms with Crippen molar-refractivity contribution in [3.8, 4) is 5.75 Å². The second-order valence-corrected chi connectivity index (χ2v) is 10.4. The number of nitrogens with one attached hydrogen (secondary N) is 2. The van der Waals surface area contributed by atoms with Crippen LogP contribution < -0.4 is 14.8 Å². The predicted molar refractivity (Wildman–Crippen MR) is 131 cm³/mol. The van der Waals surface area contributed by atoms with Gasteiger partial charge in [-0.1, -0.05) is 26.2 Å². The summed E-state index contributed by atoms with van der Waals surface area (Å²) in [4.78, 5) is 16.6. The molecule has 0 fully saturated rings. The number of aromatic nitrogens is 1.